The van der Waals surface area contributed by atoms with Crippen LogP contribution < -0.4 is 0 Å². The first-order chi connectivity index (χ1) is 7.00. The number of carbonyl (C=O) groups is 1. The van der Waals surface area contributed by atoms with Crippen LogP contribution in [-0.2, 0) is 0 Å². The van der Waals surface area contributed by atoms with Crippen LogP contribution in [0.25, 0.3) is 0 Å². The number of hydrogen-bond donors (Lipinski definition) is 0. The minimum Gasteiger partial charge on any atom is -0.309 e. The minimum atomic E-state index is -0.550. The molecule has 0 aliphatic heterocycles. The molecule has 15 heavy (non-hydrogen) atoms. The topological polar surface area (TPSA) is 20.3 Å². The van der Waals surface area contributed by atoms with Crippen molar-refractivity contribution >= 4 is 17.4 Å². The Morgan fingerprint density at radius 3 is 2.67 bits per heavy atom. The van der Waals surface area contributed by atoms with E-state index in [2.05, 4.69) is 0 Å². The standard InChI is InChI=1S/C11H13ClFNO/c1-14(2)6-5-11(15)9-4-3-8(12)7-10(9)13/h3-4,7H,5-6H2,1-2H3. The molecule has 0 radical (unpaired) electrons. The molecule has 0 bridgehead atoms. The summed E-state index contributed by atoms with van der Waals surface area (Å²) in [6.07, 6.45) is 0.311. The van der Waals surface area contributed by atoms with E-state index in [-0.39, 0.29) is 11.3 Å². The van der Waals surface area contributed by atoms with Crippen molar-refractivity contribution in [3.63, 3.8) is 0 Å². The Morgan fingerprint density at radius 1 is 1.47 bits per heavy atom. The van der Waals surface area contributed by atoms with E-state index in [9.17, 15) is 9.18 Å². The summed E-state index contributed by atoms with van der Waals surface area (Å²) in [6, 6.07) is 4.10. The molecule has 0 heterocycles. The molecule has 0 fully saturated rings. The van der Waals surface area contributed by atoms with Crippen molar-refractivity contribution in [2.75, 3.05) is 20.6 Å². The smallest absolute Gasteiger partial charge is 0.167 e. The molecule has 1 rings (SSSR count). The van der Waals surface area contributed by atoms with Crippen LogP contribution >= 0.6 is 11.6 Å². The van der Waals surface area contributed by atoms with E-state index in [0.29, 0.717) is 18.0 Å². The number of Topliss-reactive ketones (excluding diaryl/α,β-unsaturated/α-hetero) is 1. The summed E-state index contributed by atoms with van der Waals surface area (Å²) in [5.41, 5.74) is 0.112. The van der Waals surface area contributed by atoms with Gasteiger partial charge in [0.05, 0.1) is 5.56 Å². The minimum absolute atomic E-state index is 0.112. The summed E-state index contributed by atoms with van der Waals surface area (Å²) in [7, 11) is 3.73. The van der Waals surface area contributed by atoms with Crippen molar-refractivity contribution in [2.24, 2.45) is 0 Å². The molecule has 1 aromatic rings. The average Bonchev–Trinajstić information content (AvgIpc) is 2.14. The van der Waals surface area contributed by atoms with Gasteiger partial charge >= 0.3 is 0 Å². The summed E-state index contributed by atoms with van der Waals surface area (Å²) in [4.78, 5) is 13.5. The first kappa shape index (κ1) is 12.1. The van der Waals surface area contributed by atoms with Crippen molar-refractivity contribution in [3.05, 3.63) is 34.6 Å². The van der Waals surface area contributed by atoms with Crippen molar-refractivity contribution in [1.82, 2.24) is 4.90 Å². The Hall–Kier alpha value is -0.930. The molecule has 0 atom stereocenters. The van der Waals surface area contributed by atoms with Crippen LogP contribution in [0.5, 0.6) is 0 Å². The third kappa shape index (κ3) is 3.61. The molecule has 0 aliphatic rings. The predicted molar refractivity (Wildman–Crippen MR) is 58.9 cm³/mol. The summed E-state index contributed by atoms with van der Waals surface area (Å²) in [6.45, 7) is 0.612. The number of nitrogens with zero attached hydrogens (tertiary/aromatic N) is 1. The molecule has 2 nitrogen and oxygen atoms in total. The number of benzene rings is 1. The van der Waals surface area contributed by atoms with Crippen LogP contribution in [0.4, 0.5) is 4.39 Å². The first-order valence-electron chi connectivity index (χ1n) is 4.63. The summed E-state index contributed by atoms with van der Waals surface area (Å²) < 4.78 is 13.3. The second-order valence-corrected chi connectivity index (χ2v) is 4.04. The largest absolute Gasteiger partial charge is 0.309 e. The molecule has 4 heteroatoms. The van der Waals surface area contributed by atoms with Crippen molar-refractivity contribution in [3.8, 4) is 0 Å². The molecule has 0 saturated heterocycles. The molecular formula is C11H13ClFNO. The van der Waals surface area contributed by atoms with Gasteiger partial charge in [-0.1, -0.05) is 11.6 Å². The Balaban J connectivity index is 2.74. The van der Waals surface area contributed by atoms with Crippen molar-refractivity contribution in [1.29, 1.82) is 0 Å². The maximum absolute atomic E-state index is 13.3. The van der Waals surface area contributed by atoms with Gasteiger partial charge in [-0.25, -0.2) is 4.39 Å². The van der Waals surface area contributed by atoms with Crippen molar-refractivity contribution < 1.29 is 9.18 Å². The molecule has 0 spiro atoms. The maximum atomic E-state index is 13.3. The zero-order chi connectivity index (χ0) is 11.4. The van der Waals surface area contributed by atoms with Gasteiger partial charge in [-0.3, -0.25) is 4.79 Å². The highest BCUT2D eigenvalue weighted by atomic mass is 35.5. The predicted octanol–water partition coefficient (Wildman–Crippen LogP) is 2.61. The Bertz CT molecular complexity index is 366. The van der Waals surface area contributed by atoms with Gasteiger partial charge in [0, 0.05) is 18.0 Å². The van der Waals surface area contributed by atoms with Gasteiger partial charge < -0.3 is 4.90 Å². The van der Waals surface area contributed by atoms with Gasteiger partial charge in [0.2, 0.25) is 0 Å². The van der Waals surface area contributed by atoms with Crippen LogP contribution in [0.3, 0.4) is 0 Å². The molecule has 0 amide bonds. The van der Waals surface area contributed by atoms with E-state index in [4.69, 9.17) is 11.6 Å². The van der Waals surface area contributed by atoms with E-state index in [0.717, 1.165) is 6.07 Å². The molecule has 0 unspecified atom stereocenters. The van der Waals surface area contributed by atoms with E-state index in [1.807, 2.05) is 19.0 Å². The third-order valence-corrected chi connectivity index (χ3v) is 2.25. The van der Waals surface area contributed by atoms with Gasteiger partial charge in [0.1, 0.15) is 5.82 Å². The summed E-state index contributed by atoms with van der Waals surface area (Å²) in [5.74, 6) is -0.746. The average molecular weight is 230 g/mol. The Morgan fingerprint density at radius 2 is 2.13 bits per heavy atom. The molecule has 0 aliphatic carbocycles. The van der Waals surface area contributed by atoms with Gasteiger partial charge in [0.25, 0.3) is 0 Å². The second kappa shape index (κ2) is 5.24. The van der Waals surface area contributed by atoms with Crippen LogP contribution in [0.1, 0.15) is 16.8 Å². The number of hydrogen-bond acceptors (Lipinski definition) is 2. The zero-order valence-corrected chi connectivity index (χ0v) is 9.51. The lowest BCUT2D eigenvalue weighted by Gasteiger charge is -2.08. The van der Waals surface area contributed by atoms with Crippen molar-refractivity contribution in [2.45, 2.75) is 6.42 Å². The second-order valence-electron chi connectivity index (χ2n) is 3.60. The molecular weight excluding hydrogens is 217 g/mol. The number of ketones is 1. The lowest BCUT2D eigenvalue weighted by Crippen LogP contribution is -2.17. The molecule has 0 aromatic heterocycles. The van der Waals surface area contributed by atoms with Crippen LogP contribution in [0.15, 0.2) is 18.2 Å². The molecule has 0 saturated carbocycles. The summed E-state index contributed by atoms with van der Waals surface area (Å²) >= 11 is 5.59. The number of rotatable bonds is 4. The van der Waals surface area contributed by atoms with E-state index < -0.39 is 5.82 Å². The molecule has 82 valence electrons. The summed E-state index contributed by atoms with van der Waals surface area (Å²) in [5, 5.41) is 0.302. The highest BCUT2D eigenvalue weighted by molar-refractivity contribution is 6.30. The third-order valence-electron chi connectivity index (χ3n) is 2.02. The lowest BCUT2D eigenvalue weighted by molar-refractivity contribution is 0.0968. The Kier molecular flexibility index (Phi) is 4.24. The van der Waals surface area contributed by atoms with E-state index >= 15 is 0 Å². The van der Waals surface area contributed by atoms with Gasteiger partial charge in [0.15, 0.2) is 5.78 Å². The fourth-order valence-corrected chi connectivity index (χ4v) is 1.33. The van der Waals surface area contributed by atoms with Gasteiger partial charge in [-0.15, -0.1) is 0 Å². The SMILES string of the molecule is CN(C)CCC(=O)c1ccc(Cl)cc1F. The Labute approximate surface area is 93.6 Å². The maximum Gasteiger partial charge on any atom is 0.167 e. The zero-order valence-electron chi connectivity index (χ0n) is 8.76. The van der Waals surface area contributed by atoms with Gasteiger partial charge in [-0.05, 0) is 32.3 Å². The normalized spacial score (nSPS) is 10.7. The molecule has 0 N–H and O–H groups in total. The first-order valence-corrected chi connectivity index (χ1v) is 5.01. The fraction of sp³-hybridized carbons (Fsp3) is 0.364. The highest BCUT2D eigenvalue weighted by Gasteiger charge is 2.11. The fourth-order valence-electron chi connectivity index (χ4n) is 1.18. The van der Waals surface area contributed by atoms with Gasteiger partial charge in [-0.2, -0.15) is 0 Å². The van der Waals surface area contributed by atoms with Crippen LogP contribution in [0.2, 0.25) is 5.02 Å². The lowest BCUT2D eigenvalue weighted by atomic mass is 10.1. The molecule has 1 aromatic carbocycles. The van der Waals surface area contributed by atoms with Crippen LogP contribution in [0, 0.1) is 5.82 Å². The highest BCUT2D eigenvalue weighted by Crippen LogP contribution is 2.15. The van der Waals surface area contributed by atoms with E-state index in [1.165, 1.54) is 12.1 Å². The number of halogens is 2. The number of carbonyl (C=O) groups excluding carboxylic acids is 1. The van der Waals surface area contributed by atoms with E-state index in [1.54, 1.807) is 0 Å². The quantitative estimate of drug-likeness (QED) is 0.740. The van der Waals surface area contributed by atoms with Crippen LogP contribution in [-0.4, -0.2) is 31.3 Å². The monoisotopic (exact) mass is 229 g/mol.